The topological polar surface area (TPSA) is 120 Å². The quantitative estimate of drug-likeness (QED) is 0.269. The van der Waals surface area contributed by atoms with Crippen molar-refractivity contribution in [1.29, 1.82) is 5.41 Å². The van der Waals surface area contributed by atoms with E-state index in [2.05, 4.69) is 15.3 Å². The summed E-state index contributed by atoms with van der Waals surface area (Å²) in [4.78, 5) is 24.8. The molecule has 3 aromatic rings. The predicted molar refractivity (Wildman–Crippen MR) is 158 cm³/mol. The van der Waals surface area contributed by atoms with Crippen molar-refractivity contribution < 1.29 is 9.53 Å². The minimum Gasteiger partial charge on any atom is -0.457 e. The molecule has 1 aromatic heterocycles. The van der Waals surface area contributed by atoms with Crippen LogP contribution in [0.4, 0.5) is 11.6 Å². The fourth-order valence-electron chi connectivity index (χ4n) is 4.12. The van der Waals surface area contributed by atoms with Gasteiger partial charge in [-0.2, -0.15) is 0 Å². The van der Waals surface area contributed by atoms with Gasteiger partial charge >= 0.3 is 0 Å². The Morgan fingerprint density at radius 3 is 2.36 bits per heavy atom. The highest BCUT2D eigenvalue weighted by molar-refractivity contribution is 6.16. The van der Waals surface area contributed by atoms with E-state index in [0.29, 0.717) is 35.8 Å². The van der Waals surface area contributed by atoms with Crippen LogP contribution in [0.1, 0.15) is 37.8 Å². The number of likely N-dealkylation sites (N-methyl/N-ethyl adjacent to an activating group) is 1. The van der Waals surface area contributed by atoms with Crippen molar-refractivity contribution in [2.75, 3.05) is 44.8 Å². The van der Waals surface area contributed by atoms with E-state index in [0.717, 1.165) is 25.1 Å². The molecule has 4 N–H and O–H groups in total. The molecule has 1 amide bonds. The van der Waals surface area contributed by atoms with Gasteiger partial charge in [-0.05, 0) is 63.3 Å². The lowest BCUT2D eigenvalue weighted by Crippen LogP contribution is -2.42. The summed E-state index contributed by atoms with van der Waals surface area (Å²) in [5.74, 6) is 2.23. The van der Waals surface area contributed by atoms with E-state index in [9.17, 15) is 4.79 Å². The van der Waals surface area contributed by atoms with Crippen LogP contribution in [0.3, 0.4) is 0 Å². The molecule has 1 aliphatic rings. The Morgan fingerprint density at radius 2 is 1.72 bits per heavy atom. The maximum atomic E-state index is 12.4. The van der Waals surface area contributed by atoms with E-state index in [1.807, 2.05) is 98.4 Å². The second-order valence-corrected chi connectivity index (χ2v) is 9.21. The molecule has 0 saturated carbocycles. The minimum absolute atomic E-state index is 0.0359. The van der Waals surface area contributed by atoms with Gasteiger partial charge in [0.15, 0.2) is 0 Å². The lowest BCUT2D eigenvalue weighted by molar-refractivity contribution is -0.126. The summed E-state index contributed by atoms with van der Waals surface area (Å²) >= 11 is 0. The molecule has 206 valence electrons. The Morgan fingerprint density at radius 1 is 1.08 bits per heavy atom. The second-order valence-electron chi connectivity index (χ2n) is 9.21. The van der Waals surface area contributed by atoms with Crippen LogP contribution in [-0.4, -0.2) is 71.2 Å². The number of nitrogens with zero attached hydrogens (tertiary/aromatic N) is 4. The van der Waals surface area contributed by atoms with Gasteiger partial charge in [0.25, 0.3) is 0 Å². The first-order chi connectivity index (χ1) is 18.9. The van der Waals surface area contributed by atoms with Crippen molar-refractivity contribution in [1.82, 2.24) is 19.8 Å². The third-order valence-electron chi connectivity index (χ3n) is 6.13. The number of rotatable bonds is 9. The van der Waals surface area contributed by atoms with Crippen molar-refractivity contribution in [2.45, 2.75) is 32.7 Å². The zero-order valence-corrected chi connectivity index (χ0v) is 23.2. The molecule has 1 aliphatic heterocycles. The van der Waals surface area contributed by atoms with Crippen LogP contribution in [0.15, 0.2) is 73.1 Å². The number of carbonyl (C=O) groups excluding carboxylic acids is 1. The maximum absolute atomic E-state index is 12.4. The van der Waals surface area contributed by atoms with Crippen molar-refractivity contribution in [2.24, 2.45) is 0 Å². The Labute approximate surface area is 231 Å². The number of carbonyl (C=O) groups is 1. The molecule has 0 atom stereocenters. The van der Waals surface area contributed by atoms with Gasteiger partial charge in [-0.1, -0.05) is 38.1 Å². The summed E-state index contributed by atoms with van der Waals surface area (Å²) in [5, 5.41) is 12.3. The van der Waals surface area contributed by atoms with Crippen molar-refractivity contribution in [3.63, 3.8) is 0 Å². The van der Waals surface area contributed by atoms with Gasteiger partial charge in [0, 0.05) is 37.3 Å². The van der Waals surface area contributed by atoms with E-state index in [1.165, 1.54) is 6.33 Å². The number of nitrogen functional groups attached to an aromatic ring is 1. The summed E-state index contributed by atoms with van der Waals surface area (Å²) in [6, 6.07) is 16.9. The number of ether oxygens (including phenoxy) is 1. The standard InChI is InChI=1S/C28H33N7O2.C2H6/c1-34(2)16-6-9-24(36)35-17-14-21(15-18-35)33-28-25(27(30)31-19-32-28)26(29)20-10-12-23(13-11-20)37-22-7-4-3-5-8-22;1-2/h3-13,19,21,29H,14-18H2,1-2H3,(H3,30,31,32,33);1-2H3/b9-6+,29-26?;. The van der Waals surface area contributed by atoms with Gasteiger partial charge < -0.3 is 25.6 Å². The molecule has 2 aromatic carbocycles. The van der Waals surface area contributed by atoms with Gasteiger partial charge in [-0.3, -0.25) is 10.2 Å². The van der Waals surface area contributed by atoms with Crippen LogP contribution in [-0.2, 0) is 4.79 Å². The highest BCUT2D eigenvalue weighted by Crippen LogP contribution is 2.26. The Bertz CT molecular complexity index is 1240. The number of aromatic nitrogens is 2. The number of nitrogens with two attached hydrogens (primary N) is 1. The Hall–Kier alpha value is -4.24. The van der Waals surface area contributed by atoms with Gasteiger partial charge in [0.05, 0.1) is 11.3 Å². The van der Waals surface area contributed by atoms with Crippen LogP contribution in [0.5, 0.6) is 11.5 Å². The first-order valence-electron chi connectivity index (χ1n) is 13.3. The van der Waals surface area contributed by atoms with E-state index in [4.69, 9.17) is 15.9 Å². The second kappa shape index (κ2) is 14.6. The first kappa shape index (κ1) is 29.3. The molecule has 0 bridgehead atoms. The molecule has 0 spiro atoms. The average molecular weight is 530 g/mol. The summed E-state index contributed by atoms with van der Waals surface area (Å²) in [6.07, 6.45) is 6.48. The number of anilines is 2. The third kappa shape index (κ3) is 8.38. The number of hydrogen-bond donors (Lipinski definition) is 3. The average Bonchev–Trinajstić information content (AvgIpc) is 2.95. The third-order valence-corrected chi connectivity index (χ3v) is 6.13. The number of nitrogens with one attached hydrogen (secondary N) is 2. The normalized spacial score (nSPS) is 13.6. The summed E-state index contributed by atoms with van der Waals surface area (Å²) in [6.45, 7) is 6.04. The Kier molecular flexibility index (Phi) is 11.0. The van der Waals surface area contributed by atoms with E-state index in [-0.39, 0.29) is 23.5 Å². The highest BCUT2D eigenvalue weighted by atomic mass is 16.5. The van der Waals surface area contributed by atoms with Crippen molar-refractivity contribution in [3.8, 4) is 11.5 Å². The zero-order valence-electron chi connectivity index (χ0n) is 23.2. The van der Waals surface area contributed by atoms with Gasteiger partial charge in [-0.15, -0.1) is 0 Å². The Balaban J connectivity index is 0.00000205. The van der Waals surface area contributed by atoms with Crippen LogP contribution in [0, 0.1) is 5.41 Å². The monoisotopic (exact) mass is 529 g/mol. The molecule has 4 rings (SSSR count). The largest absolute Gasteiger partial charge is 0.457 e. The van der Waals surface area contributed by atoms with Crippen LogP contribution >= 0.6 is 0 Å². The number of amides is 1. The predicted octanol–water partition coefficient (Wildman–Crippen LogP) is 4.81. The molecule has 2 heterocycles. The molecule has 1 saturated heterocycles. The fourth-order valence-corrected chi connectivity index (χ4v) is 4.12. The molecular formula is C30H39N7O2. The number of hydrogen-bond acceptors (Lipinski definition) is 8. The lowest BCUT2D eigenvalue weighted by atomic mass is 10.0. The van der Waals surface area contributed by atoms with Crippen molar-refractivity contribution in [3.05, 3.63) is 84.2 Å². The number of likely N-dealkylation sites (tertiary alicyclic amines) is 1. The van der Waals surface area contributed by atoms with Crippen molar-refractivity contribution >= 4 is 23.3 Å². The maximum Gasteiger partial charge on any atom is 0.246 e. The molecule has 39 heavy (non-hydrogen) atoms. The van der Waals surface area contributed by atoms with E-state index >= 15 is 0 Å². The summed E-state index contributed by atoms with van der Waals surface area (Å²) < 4.78 is 5.86. The molecule has 1 fully saturated rings. The van der Waals surface area contributed by atoms with Crippen LogP contribution in [0.2, 0.25) is 0 Å². The summed E-state index contributed by atoms with van der Waals surface area (Å²) in [7, 11) is 3.94. The molecule has 9 nitrogen and oxygen atoms in total. The molecule has 0 radical (unpaired) electrons. The van der Waals surface area contributed by atoms with E-state index in [1.54, 1.807) is 6.08 Å². The van der Waals surface area contributed by atoms with Gasteiger partial charge in [0.2, 0.25) is 5.91 Å². The molecule has 9 heteroatoms. The molecule has 0 aliphatic carbocycles. The number of piperidine rings is 1. The van der Waals surface area contributed by atoms with E-state index < -0.39 is 0 Å². The zero-order chi connectivity index (χ0) is 28.2. The van der Waals surface area contributed by atoms with Gasteiger partial charge in [0.1, 0.15) is 29.5 Å². The van der Waals surface area contributed by atoms with Crippen LogP contribution < -0.4 is 15.8 Å². The van der Waals surface area contributed by atoms with Crippen LogP contribution in [0.25, 0.3) is 0 Å². The number of benzene rings is 2. The minimum atomic E-state index is 0.0359. The number of para-hydroxylation sites is 1. The smallest absolute Gasteiger partial charge is 0.246 e. The summed E-state index contributed by atoms with van der Waals surface area (Å²) in [5.41, 5.74) is 7.57. The highest BCUT2D eigenvalue weighted by Gasteiger charge is 2.24. The molecular weight excluding hydrogens is 490 g/mol. The fraction of sp³-hybridized carbons (Fsp3) is 0.333. The lowest BCUT2D eigenvalue weighted by Gasteiger charge is -2.32. The SMILES string of the molecule is CC.CN(C)C/C=C/C(=O)N1CCC(Nc2ncnc(N)c2C(=N)c2ccc(Oc3ccccc3)cc2)CC1. The first-order valence-corrected chi connectivity index (χ1v) is 13.3. The molecule has 0 unspecified atom stereocenters. The van der Waals surface area contributed by atoms with Gasteiger partial charge in [-0.25, -0.2) is 9.97 Å².